The number of nitrogens with zero attached hydrogens (tertiary/aromatic N) is 3. The van der Waals surface area contributed by atoms with Crippen LogP contribution in [0.25, 0.3) is 0 Å². The molecule has 2 aliphatic heterocycles. The molecule has 0 saturated carbocycles. The molecule has 0 aromatic carbocycles. The third-order valence-electron chi connectivity index (χ3n) is 4.60. The van der Waals surface area contributed by atoms with Crippen molar-refractivity contribution in [1.82, 2.24) is 14.8 Å². The Labute approximate surface area is 131 Å². The molecular formula is C16H22ClN3O. The Hall–Kier alpha value is -1.13. The van der Waals surface area contributed by atoms with Gasteiger partial charge in [0.25, 0.3) is 5.91 Å². The fourth-order valence-electron chi connectivity index (χ4n) is 3.40. The summed E-state index contributed by atoms with van der Waals surface area (Å²) >= 11 is 5.94. The quantitative estimate of drug-likeness (QED) is 0.843. The van der Waals surface area contributed by atoms with Crippen LogP contribution in [0.4, 0.5) is 0 Å². The molecule has 0 spiro atoms. The molecule has 0 atom stereocenters. The number of carbonyl (C=O) groups is 1. The zero-order valence-electron chi connectivity index (χ0n) is 12.3. The molecule has 1 amide bonds. The third-order valence-corrected chi connectivity index (χ3v) is 4.83. The Morgan fingerprint density at radius 1 is 1.14 bits per heavy atom. The molecule has 5 heteroatoms. The van der Waals surface area contributed by atoms with Gasteiger partial charge in [0.05, 0.1) is 0 Å². The van der Waals surface area contributed by atoms with Gasteiger partial charge in [0.2, 0.25) is 0 Å². The van der Waals surface area contributed by atoms with Crippen molar-refractivity contribution in [1.29, 1.82) is 0 Å². The van der Waals surface area contributed by atoms with Crippen LogP contribution in [-0.2, 0) is 0 Å². The number of hydrogen-bond acceptors (Lipinski definition) is 3. The molecule has 0 radical (unpaired) electrons. The first-order chi connectivity index (χ1) is 10.2. The van der Waals surface area contributed by atoms with Crippen LogP contribution < -0.4 is 0 Å². The Balaban J connectivity index is 1.56. The van der Waals surface area contributed by atoms with E-state index in [1.165, 1.54) is 32.4 Å². The maximum absolute atomic E-state index is 12.4. The minimum absolute atomic E-state index is 0.00888. The van der Waals surface area contributed by atoms with Crippen LogP contribution in [0.5, 0.6) is 0 Å². The third kappa shape index (κ3) is 3.55. The SMILES string of the molecule is O=C(c1cc(Cl)ccn1)N1CCC(N2CCCCC2)CC1. The van der Waals surface area contributed by atoms with Gasteiger partial charge in [-0.25, -0.2) is 0 Å². The summed E-state index contributed by atoms with van der Waals surface area (Å²) < 4.78 is 0. The van der Waals surface area contributed by atoms with Crippen molar-refractivity contribution < 1.29 is 4.79 Å². The first-order valence-corrected chi connectivity index (χ1v) is 8.27. The molecule has 0 aliphatic carbocycles. The minimum Gasteiger partial charge on any atom is -0.337 e. The number of amides is 1. The van der Waals surface area contributed by atoms with E-state index in [0.29, 0.717) is 16.8 Å². The summed E-state index contributed by atoms with van der Waals surface area (Å²) in [5.74, 6) is 0.00888. The lowest BCUT2D eigenvalue weighted by Gasteiger charge is -2.40. The van der Waals surface area contributed by atoms with E-state index in [0.717, 1.165) is 25.9 Å². The molecule has 2 fully saturated rings. The van der Waals surface area contributed by atoms with E-state index in [9.17, 15) is 4.79 Å². The van der Waals surface area contributed by atoms with Crippen LogP contribution in [0.1, 0.15) is 42.6 Å². The summed E-state index contributed by atoms with van der Waals surface area (Å²) in [7, 11) is 0. The largest absolute Gasteiger partial charge is 0.337 e. The Bertz CT molecular complexity index is 494. The lowest BCUT2D eigenvalue weighted by atomic mass is 9.99. The number of aromatic nitrogens is 1. The molecule has 0 bridgehead atoms. The van der Waals surface area contributed by atoms with Crippen molar-refractivity contribution in [2.24, 2.45) is 0 Å². The highest BCUT2D eigenvalue weighted by Crippen LogP contribution is 2.22. The van der Waals surface area contributed by atoms with Crippen LogP contribution >= 0.6 is 11.6 Å². The van der Waals surface area contributed by atoms with Gasteiger partial charge >= 0.3 is 0 Å². The molecule has 0 N–H and O–H groups in total. The van der Waals surface area contributed by atoms with Crippen molar-refractivity contribution in [3.8, 4) is 0 Å². The van der Waals surface area contributed by atoms with Crippen molar-refractivity contribution in [3.63, 3.8) is 0 Å². The summed E-state index contributed by atoms with van der Waals surface area (Å²) in [6, 6.07) is 4.00. The average molecular weight is 308 g/mol. The van der Waals surface area contributed by atoms with Crippen LogP contribution in [0.3, 0.4) is 0 Å². The van der Waals surface area contributed by atoms with Gasteiger partial charge in [0.15, 0.2) is 0 Å². The topological polar surface area (TPSA) is 36.4 Å². The van der Waals surface area contributed by atoms with Gasteiger partial charge in [-0.3, -0.25) is 9.78 Å². The molecule has 4 nitrogen and oxygen atoms in total. The fraction of sp³-hybridized carbons (Fsp3) is 0.625. The molecule has 3 rings (SSSR count). The molecular weight excluding hydrogens is 286 g/mol. The first kappa shape index (κ1) is 14.8. The summed E-state index contributed by atoms with van der Waals surface area (Å²) in [5.41, 5.74) is 0.457. The predicted octanol–water partition coefficient (Wildman–Crippen LogP) is 2.83. The highest BCUT2D eigenvalue weighted by molar-refractivity contribution is 6.30. The second-order valence-electron chi connectivity index (χ2n) is 5.98. The summed E-state index contributed by atoms with van der Waals surface area (Å²) in [4.78, 5) is 21.1. The lowest BCUT2D eigenvalue weighted by molar-refractivity contribution is 0.0585. The number of likely N-dealkylation sites (tertiary alicyclic amines) is 2. The number of hydrogen-bond donors (Lipinski definition) is 0. The molecule has 21 heavy (non-hydrogen) atoms. The zero-order chi connectivity index (χ0) is 14.7. The zero-order valence-corrected chi connectivity index (χ0v) is 13.1. The molecule has 0 unspecified atom stereocenters. The molecule has 2 aliphatic rings. The van der Waals surface area contributed by atoms with E-state index < -0.39 is 0 Å². The summed E-state index contributed by atoms with van der Waals surface area (Å²) in [6.45, 7) is 4.12. The van der Waals surface area contributed by atoms with E-state index in [1.807, 2.05) is 4.90 Å². The van der Waals surface area contributed by atoms with Gasteiger partial charge < -0.3 is 9.80 Å². The van der Waals surface area contributed by atoms with E-state index in [1.54, 1.807) is 18.3 Å². The molecule has 114 valence electrons. The maximum atomic E-state index is 12.4. The van der Waals surface area contributed by atoms with Crippen molar-refractivity contribution in [2.45, 2.75) is 38.1 Å². The monoisotopic (exact) mass is 307 g/mol. The molecule has 3 heterocycles. The number of halogens is 1. The normalized spacial score (nSPS) is 21.5. The van der Waals surface area contributed by atoms with E-state index in [-0.39, 0.29) is 5.91 Å². The fourth-order valence-corrected chi connectivity index (χ4v) is 3.56. The number of rotatable bonds is 2. The van der Waals surface area contributed by atoms with Gasteiger partial charge in [-0.05, 0) is 50.9 Å². The second-order valence-corrected chi connectivity index (χ2v) is 6.42. The van der Waals surface area contributed by atoms with Crippen molar-refractivity contribution >= 4 is 17.5 Å². The Morgan fingerprint density at radius 3 is 2.52 bits per heavy atom. The van der Waals surface area contributed by atoms with Gasteiger partial charge in [-0.1, -0.05) is 18.0 Å². The molecule has 2 saturated heterocycles. The van der Waals surface area contributed by atoms with Crippen LogP contribution in [-0.4, -0.2) is 52.9 Å². The smallest absolute Gasteiger partial charge is 0.272 e. The Morgan fingerprint density at radius 2 is 1.86 bits per heavy atom. The van der Waals surface area contributed by atoms with Gasteiger partial charge in [-0.15, -0.1) is 0 Å². The highest BCUT2D eigenvalue weighted by atomic mass is 35.5. The molecule has 1 aromatic rings. The summed E-state index contributed by atoms with van der Waals surface area (Å²) in [6.07, 6.45) is 7.76. The van der Waals surface area contributed by atoms with Gasteiger partial charge in [0, 0.05) is 30.4 Å². The minimum atomic E-state index is 0.00888. The predicted molar refractivity (Wildman–Crippen MR) is 83.6 cm³/mol. The number of carbonyl (C=O) groups excluding carboxylic acids is 1. The number of piperidine rings is 2. The number of pyridine rings is 1. The summed E-state index contributed by atoms with van der Waals surface area (Å²) in [5, 5.41) is 0.566. The van der Waals surface area contributed by atoms with Crippen LogP contribution in [0.2, 0.25) is 5.02 Å². The average Bonchev–Trinajstić information content (AvgIpc) is 2.55. The van der Waals surface area contributed by atoms with Gasteiger partial charge in [-0.2, -0.15) is 0 Å². The molecule has 1 aromatic heterocycles. The van der Waals surface area contributed by atoms with E-state index in [4.69, 9.17) is 11.6 Å². The maximum Gasteiger partial charge on any atom is 0.272 e. The van der Waals surface area contributed by atoms with Crippen LogP contribution in [0, 0.1) is 0 Å². The van der Waals surface area contributed by atoms with E-state index >= 15 is 0 Å². The second kappa shape index (κ2) is 6.75. The standard InChI is InChI=1S/C16H22ClN3O/c17-13-4-7-18-15(12-13)16(21)20-10-5-14(6-11-20)19-8-2-1-3-9-19/h4,7,12,14H,1-3,5-6,8-11H2. The highest BCUT2D eigenvalue weighted by Gasteiger charge is 2.28. The van der Waals surface area contributed by atoms with Crippen molar-refractivity contribution in [2.75, 3.05) is 26.2 Å². The first-order valence-electron chi connectivity index (χ1n) is 7.89. The Kier molecular flexibility index (Phi) is 4.76. The van der Waals surface area contributed by atoms with Crippen molar-refractivity contribution in [3.05, 3.63) is 29.0 Å². The van der Waals surface area contributed by atoms with Crippen LogP contribution in [0.15, 0.2) is 18.3 Å². The lowest BCUT2D eigenvalue weighted by Crippen LogP contribution is -2.48. The van der Waals surface area contributed by atoms with Gasteiger partial charge in [0.1, 0.15) is 5.69 Å². The van der Waals surface area contributed by atoms with E-state index in [2.05, 4.69) is 9.88 Å².